The van der Waals surface area contributed by atoms with Crippen LogP contribution in [0.1, 0.15) is 156 Å². The molecule has 0 radical (unpaired) electrons. The molecule has 0 aliphatic heterocycles. The van der Waals surface area contributed by atoms with E-state index in [-0.39, 0.29) is 56.2 Å². The van der Waals surface area contributed by atoms with Gasteiger partial charge in [-0.15, -0.1) is 0 Å². The van der Waals surface area contributed by atoms with Crippen LogP contribution in [0.15, 0.2) is 0 Å². The number of carbonyl (C=O) groups excluding carboxylic acids is 4. The highest BCUT2D eigenvalue weighted by Crippen LogP contribution is 2.61. The molecule has 0 amide bonds. The maximum Gasteiger partial charge on any atom is 0.508 e. The molecule has 314 valence electrons. The first-order chi connectivity index (χ1) is 26.4. The van der Waals surface area contributed by atoms with Gasteiger partial charge in [-0.3, -0.25) is 14.4 Å². The van der Waals surface area contributed by atoms with Crippen LogP contribution in [0, 0.1) is 52.3 Å². The Hall–Kier alpha value is -2.36. The summed E-state index contributed by atoms with van der Waals surface area (Å²) in [5, 5.41) is 0. The Kier molecular flexibility index (Phi) is 17.0. The molecule has 3 atom stereocenters. The highest BCUT2D eigenvalue weighted by molar-refractivity contribution is 5.70. The van der Waals surface area contributed by atoms with Crippen molar-refractivity contribution in [1.82, 2.24) is 4.90 Å². The zero-order valence-corrected chi connectivity index (χ0v) is 35.0. The average Bonchev–Trinajstić information content (AvgIpc) is 3.11. The molecule has 6 aliphatic carbocycles. The Morgan fingerprint density at radius 2 is 1.11 bits per heavy atom. The van der Waals surface area contributed by atoms with Gasteiger partial charge in [0.25, 0.3) is 0 Å². The summed E-state index contributed by atoms with van der Waals surface area (Å²) in [7, 11) is 0. The van der Waals surface area contributed by atoms with Crippen LogP contribution in [-0.4, -0.2) is 81.6 Å². The van der Waals surface area contributed by atoms with E-state index in [1.165, 1.54) is 57.8 Å². The Bertz CT molecular complexity index is 1180. The van der Waals surface area contributed by atoms with E-state index in [1.807, 2.05) is 0 Å². The third-order valence-electron chi connectivity index (χ3n) is 14.0. The fourth-order valence-electron chi connectivity index (χ4n) is 12.0. The molecule has 6 aliphatic rings. The molecule has 3 unspecified atom stereocenters. The summed E-state index contributed by atoms with van der Waals surface area (Å²) < 4.78 is 27.7. The van der Waals surface area contributed by atoms with Crippen LogP contribution in [0.5, 0.6) is 0 Å². The van der Waals surface area contributed by atoms with Crippen LogP contribution in [-0.2, 0) is 38.1 Å². The minimum atomic E-state index is -0.774. The summed E-state index contributed by atoms with van der Waals surface area (Å²) in [4.78, 5) is 52.8. The number of ether oxygens (including phenoxy) is 5. The van der Waals surface area contributed by atoms with E-state index in [9.17, 15) is 19.2 Å². The van der Waals surface area contributed by atoms with Crippen LogP contribution < -0.4 is 0 Å². The van der Waals surface area contributed by atoms with E-state index in [2.05, 4.69) is 32.6 Å². The van der Waals surface area contributed by atoms with Crippen LogP contribution in [0.25, 0.3) is 0 Å². The number of nitrogens with zero attached hydrogens (tertiary/aromatic N) is 1. The lowest BCUT2D eigenvalue weighted by Gasteiger charge is -2.57. The van der Waals surface area contributed by atoms with E-state index < -0.39 is 12.1 Å². The van der Waals surface area contributed by atoms with Gasteiger partial charge in [0.05, 0.1) is 25.6 Å². The van der Waals surface area contributed by atoms with Crippen LogP contribution in [0.3, 0.4) is 0 Å². The second kappa shape index (κ2) is 21.4. The van der Waals surface area contributed by atoms with E-state index in [0.717, 1.165) is 81.8 Å². The molecular formula is C45H75NO9. The van der Waals surface area contributed by atoms with E-state index in [4.69, 9.17) is 23.7 Å². The monoisotopic (exact) mass is 774 g/mol. The van der Waals surface area contributed by atoms with Crippen LogP contribution >= 0.6 is 0 Å². The van der Waals surface area contributed by atoms with Crippen molar-refractivity contribution in [3.8, 4) is 0 Å². The minimum absolute atomic E-state index is 0.0000356. The summed E-state index contributed by atoms with van der Waals surface area (Å²) in [5.74, 6) is 3.67. The molecule has 0 N–H and O–H groups in total. The molecule has 10 heteroatoms. The number of esters is 3. The molecular weight excluding hydrogens is 698 g/mol. The molecule has 6 bridgehead atoms. The Labute approximate surface area is 332 Å². The van der Waals surface area contributed by atoms with Crippen molar-refractivity contribution in [2.24, 2.45) is 52.3 Å². The number of fused-ring (bicyclic) bond motifs is 2. The van der Waals surface area contributed by atoms with Crippen molar-refractivity contribution in [2.75, 3.05) is 52.7 Å². The number of rotatable bonds is 24. The lowest BCUT2D eigenvalue weighted by atomic mass is 9.49. The number of hydrogen-bond acceptors (Lipinski definition) is 10. The topological polar surface area (TPSA) is 118 Å². The highest BCUT2D eigenvalue weighted by Gasteiger charge is 2.50. The quantitative estimate of drug-likeness (QED) is 0.0534. The maximum absolute atomic E-state index is 13.1. The normalized spacial score (nSPS) is 31.1. The van der Waals surface area contributed by atoms with Crippen molar-refractivity contribution in [1.29, 1.82) is 0 Å². The van der Waals surface area contributed by atoms with Crippen molar-refractivity contribution in [2.45, 2.75) is 156 Å². The van der Waals surface area contributed by atoms with Gasteiger partial charge in [0.1, 0.15) is 19.8 Å². The first-order valence-electron chi connectivity index (χ1n) is 22.4. The second-order valence-electron chi connectivity index (χ2n) is 19.3. The molecule has 0 aromatic carbocycles. The predicted octanol–water partition coefficient (Wildman–Crippen LogP) is 9.31. The third-order valence-corrected chi connectivity index (χ3v) is 14.0. The molecule has 0 spiro atoms. The molecule has 0 aromatic rings. The molecule has 0 aromatic heterocycles. The molecule has 10 nitrogen and oxygen atoms in total. The standard InChI is InChI=1S/C45H75NO9/c1-5-46(6-2)15-11-16-52-43(50)55-32-39(31-54-42(49)29-44(4)24-34-18-33(3)19-35(20-34)25-44)30-53-41(48)13-10-8-7-9-12-40(47)51-17-14-45-26-36-21-37(27-45)23-38(22-36)28-45/h33-39H,5-32H2,1-4H3. The SMILES string of the molecule is CCN(CC)CCCOC(=O)OCC(COC(=O)CCCCCCC(=O)OCCC12CC3CC(CC(C3)C1)C2)COC(=O)CC1(C)CC2CC(C)CC(C2)C1. The second-order valence-corrected chi connectivity index (χ2v) is 19.3. The van der Waals surface area contributed by atoms with Gasteiger partial charge in [-0.05, 0) is 156 Å². The first-order valence-corrected chi connectivity index (χ1v) is 22.4. The largest absolute Gasteiger partial charge is 0.508 e. The fourth-order valence-corrected chi connectivity index (χ4v) is 12.0. The first kappa shape index (κ1) is 43.8. The summed E-state index contributed by atoms with van der Waals surface area (Å²) >= 11 is 0. The maximum atomic E-state index is 13.1. The zero-order valence-electron chi connectivity index (χ0n) is 35.0. The molecule has 0 saturated heterocycles. The average molecular weight is 774 g/mol. The summed E-state index contributed by atoms with van der Waals surface area (Å²) in [6.07, 6.45) is 19.3. The molecule has 6 saturated carbocycles. The number of hydrogen-bond donors (Lipinski definition) is 0. The van der Waals surface area contributed by atoms with Gasteiger partial charge < -0.3 is 28.6 Å². The van der Waals surface area contributed by atoms with Crippen LogP contribution in [0.2, 0.25) is 0 Å². The summed E-state index contributed by atoms with van der Waals surface area (Å²) in [6.45, 7) is 12.2. The predicted molar refractivity (Wildman–Crippen MR) is 211 cm³/mol. The minimum Gasteiger partial charge on any atom is -0.466 e. The molecule has 55 heavy (non-hydrogen) atoms. The number of carbonyl (C=O) groups is 4. The van der Waals surface area contributed by atoms with Crippen molar-refractivity contribution in [3.05, 3.63) is 0 Å². The smallest absolute Gasteiger partial charge is 0.466 e. The summed E-state index contributed by atoms with van der Waals surface area (Å²) in [5.41, 5.74) is 0.371. The lowest BCUT2D eigenvalue weighted by molar-refractivity contribution is -0.152. The van der Waals surface area contributed by atoms with Gasteiger partial charge in [-0.25, -0.2) is 4.79 Å². The lowest BCUT2D eigenvalue weighted by Crippen LogP contribution is -2.46. The van der Waals surface area contributed by atoms with E-state index in [1.54, 1.807) is 0 Å². The van der Waals surface area contributed by atoms with Crippen molar-refractivity contribution >= 4 is 24.1 Å². The van der Waals surface area contributed by atoms with Gasteiger partial charge >= 0.3 is 24.1 Å². The van der Waals surface area contributed by atoms with Crippen LogP contribution in [0.4, 0.5) is 4.79 Å². The van der Waals surface area contributed by atoms with Gasteiger partial charge in [0, 0.05) is 19.4 Å². The third kappa shape index (κ3) is 14.5. The van der Waals surface area contributed by atoms with E-state index >= 15 is 0 Å². The van der Waals surface area contributed by atoms with Gasteiger partial charge in [0.2, 0.25) is 0 Å². The van der Waals surface area contributed by atoms with Crippen molar-refractivity contribution < 1.29 is 42.9 Å². The summed E-state index contributed by atoms with van der Waals surface area (Å²) in [6, 6.07) is 0. The zero-order chi connectivity index (χ0) is 39.3. The molecule has 6 fully saturated rings. The number of unbranched alkanes of at least 4 members (excludes halogenated alkanes) is 3. The van der Waals surface area contributed by atoms with Crippen molar-refractivity contribution in [3.63, 3.8) is 0 Å². The van der Waals surface area contributed by atoms with E-state index in [0.29, 0.717) is 49.5 Å². The fraction of sp³-hybridized carbons (Fsp3) is 0.911. The molecule has 0 heterocycles. The van der Waals surface area contributed by atoms with Gasteiger partial charge in [0.15, 0.2) is 0 Å². The van der Waals surface area contributed by atoms with Gasteiger partial charge in [-0.1, -0.05) is 40.5 Å². The highest BCUT2D eigenvalue weighted by atomic mass is 16.7. The Morgan fingerprint density at radius 1 is 0.600 bits per heavy atom. The Morgan fingerprint density at radius 3 is 1.67 bits per heavy atom. The van der Waals surface area contributed by atoms with Gasteiger partial charge in [-0.2, -0.15) is 0 Å². The molecule has 6 rings (SSSR count). The Balaban J connectivity index is 0.954.